The van der Waals surface area contributed by atoms with E-state index in [1.54, 1.807) is 0 Å². The van der Waals surface area contributed by atoms with Gasteiger partial charge in [0.1, 0.15) is 23.2 Å². The third kappa shape index (κ3) is 5.33. The average Bonchev–Trinajstić information content (AvgIpc) is 3.97. The van der Waals surface area contributed by atoms with Gasteiger partial charge in [0.15, 0.2) is 5.84 Å². The molecular formula is C51H31N3OS2. The second-order valence-corrected chi connectivity index (χ2v) is 16.7. The van der Waals surface area contributed by atoms with Gasteiger partial charge in [-0.05, 0) is 76.3 Å². The summed E-state index contributed by atoms with van der Waals surface area (Å²) in [4.78, 5) is 10.3. The van der Waals surface area contributed by atoms with Crippen molar-refractivity contribution in [1.82, 2.24) is 5.32 Å². The fourth-order valence-corrected chi connectivity index (χ4v) is 10.8. The number of nitrogens with zero attached hydrogens (tertiary/aromatic N) is 2. The van der Waals surface area contributed by atoms with Gasteiger partial charge in [0.25, 0.3) is 0 Å². The van der Waals surface area contributed by atoms with Crippen LogP contribution in [0, 0.1) is 0 Å². The van der Waals surface area contributed by atoms with Gasteiger partial charge < -0.3 is 9.73 Å². The fraction of sp³-hybridized carbons (Fsp3) is 0.0196. The summed E-state index contributed by atoms with van der Waals surface area (Å²) in [6.45, 7) is 0. The molecule has 268 valence electrons. The van der Waals surface area contributed by atoms with Crippen LogP contribution < -0.4 is 5.32 Å². The molecule has 4 nitrogen and oxygen atoms in total. The minimum absolute atomic E-state index is 0.299. The molecule has 0 saturated carbocycles. The quantitative estimate of drug-likeness (QED) is 0.190. The number of fused-ring (bicyclic) bond motifs is 9. The molecule has 0 radical (unpaired) electrons. The van der Waals surface area contributed by atoms with Crippen LogP contribution in [0.2, 0.25) is 0 Å². The van der Waals surface area contributed by atoms with Crippen molar-refractivity contribution in [1.29, 1.82) is 0 Å². The summed E-state index contributed by atoms with van der Waals surface area (Å²) in [5, 5.41) is 10.9. The molecule has 0 saturated heterocycles. The normalized spacial score (nSPS) is 14.5. The highest BCUT2D eigenvalue weighted by atomic mass is 32.1. The molecule has 1 N–H and O–H groups in total. The third-order valence-corrected chi connectivity index (χ3v) is 13.4. The van der Waals surface area contributed by atoms with Gasteiger partial charge in [-0.25, -0.2) is 9.98 Å². The van der Waals surface area contributed by atoms with Gasteiger partial charge in [0.2, 0.25) is 0 Å². The lowest BCUT2D eigenvalue weighted by molar-refractivity contribution is 0.668. The van der Waals surface area contributed by atoms with Crippen LogP contribution in [0.5, 0.6) is 0 Å². The van der Waals surface area contributed by atoms with Crippen molar-refractivity contribution in [3.63, 3.8) is 0 Å². The van der Waals surface area contributed by atoms with Gasteiger partial charge in [0.05, 0.1) is 0 Å². The van der Waals surface area contributed by atoms with Crippen LogP contribution in [-0.2, 0) is 0 Å². The lowest BCUT2D eigenvalue weighted by atomic mass is 9.93. The standard InChI is InChI=1S/C51H31N3OS2/c1-3-12-30(13-4-1)49-52-50(31-14-5-2-6-15-31)54-51(53-49)38-18-11-19-42-47(38)40-26-33(23-25-41(40)55-42)39-27-34(29-46-48(39)37-17-8-10-21-44(37)57-46)32-22-24-36-35-16-7-9-20-43(35)56-45(36)28-32/h1-29,49H,(H,52,53,54). The first kappa shape index (κ1) is 32.4. The Labute approximate surface area is 335 Å². The van der Waals surface area contributed by atoms with Crippen molar-refractivity contribution < 1.29 is 4.42 Å². The van der Waals surface area contributed by atoms with Crippen molar-refractivity contribution in [2.45, 2.75) is 6.17 Å². The maximum absolute atomic E-state index is 6.59. The highest BCUT2D eigenvalue weighted by molar-refractivity contribution is 7.26. The molecule has 0 amide bonds. The van der Waals surface area contributed by atoms with E-state index in [0.717, 1.165) is 50.0 Å². The van der Waals surface area contributed by atoms with E-state index in [0.29, 0.717) is 5.84 Å². The summed E-state index contributed by atoms with van der Waals surface area (Å²) in [7, 11) is 0. The van der Waals surface area contributed by atoms with E-state index in [4.69, 9.17) is 14.4 Å². The Balaban J connectivity index is 1.05. The van der Waals surface area contributed by atoms with E-state index >= 15 is 0 Å². The molecule has 11 aromatic rings. The molecule has 4 heterocycles. The predicted octanol–water partition coefficient (Wildman–Crippen LogP) is 14.2. The van der Waals surface area contributed by atoms with E-state index in [1.807, 2.05) is 46.9 Å². The zero-order chi connectivity index (χ0) is 37.5. The van der Waals surface area contributed by atoms with Gasteiger partial charge in [-0.2, -0.15) is 0 Å². The fourth-order valence-electron chi connectivity index (χ4n) is 8.45. The van der Waals surface area contributed by atoms with Gasteiger partial charge in [0, 0.05) is 62.2 Å². The van der Waals surface area contributed by atoms with Gasteiger partial charge in [-0.3, -0.25) is 0 Å². The average molecular weight is 766 g/mol. The lowest BCUT2D eigenvalue weighted by Gasteiger charge is -2.24. The van der Waals surface area contributed by atoms with Crippen LogP contribution in [0.4, 0.5) is 0 Å². The topological polar surface area (TPSA) is 49.9 Å². The van der Waals surface area contributed by atoms with Crippen molar-refractivity contribution >= 4 is 96.6 Å². The number of furan rings is 1. The molecule has 0 fully saturated rings. The Morgan fingerprint density at radius 1 is 0.439 bits per heavy atom. The molecule has 57 heavy (non-hydrogen) atoms. The molecule has 1 unspecified atom stereocenters. The minimum atomic E-state index is -0.299. The lowest BCUT2D eigenvalue weighted by Crippen LogP contribution is -2.33. The molecule has 8 aromatic carbocycles. The van der Waals surface area contributed by atoms with E-state index in [-0.39, 0.29) is 6.17 Å². The van der Waals surface area contributed by atoms with Crippen LogP contribution in [0.25, 0.3) is 84.5 Å². The van der Waals surface area contributed by atoms with Crippen LogP contribution in [0.15, 0.2) is 190 Å². The van der Waals surface area contributed by atoms with Crippen molar-refractivity contribution in [3.05, 3.63) is 193 Å². The summed E-state index contributed by atoms with van der Waals surface area (Å²) in [6, 6.07) is 62.7. The molecule has 0 spiro atoms. The molecule has 3 aromatic heterocycles. The first-order valence-corrected chi connectivity index (χ1v) is 20.7. The van der Waals surface area contributed by atoms with Crippen LogP contribution >= 0.6 is 22.7 Å². The number of hydrogen-bond acceptors (Lipinski definition) is 6. The van der Waals surface area contributed by atoms with E-state index < -0.39 is 0 Å². The molecular weight excluding hydrogens is 735 g/mol. The first-order valence-electron chi connectivity index (χ1n) is 19.1. The van der Waals surface area contributed by atoms with E-state index in [1.165, 1.54) is 57.0 Å². The highest BCUT2D eigenvalue weighted by Crippen LogP contribution is 2.45. The summed E-state index contributed by atoms with van der Waals surface area (Å²) in [5.74, 6) is 1.46. The van der Waals surface area contributed by atoms with Crippen molar-refractivity contribution in [2.75, 3.05) is 0 Å². The number of thiophene rings is 2. The van der Waals surface area contributed by atoms with Crippen LogP contribution in [0.1, 0.15) is 22.9 Å². The molecule has 1 atom stereocenters. The SMILES string of the molecule is c1ccc(C2=NC(c3ccccc3)NC(c3cccc4oc5ccc(-c6cc(-c7ccc8c(c7)sc7ccccc78)cc7sc8ccccc8c67)cc5c34)=N2)cc1. The third-order valence-electron chi connectivity index (χ3n) is 11.1. The molecule has 6 heteroatoms. The minimum Gasteiger partial charge on any atom is -0.456 e. The number of rotatable bonds is 5. The predicted molar refractivity (Wildman–Crippen MR) is 242 cm³/mol. The molecule has 12 rings (SSSR count). The van der Waals surface area contributed by atoms with Gasteiger partial charge in [-0.15, -0.1) is 22.7 Å². The zero-order valence-electron chi connectivity index (χ0n) is 30.4. The Morgan fingerprint density at radius 3 is 2.00 bits per heavy atom. The number of hydrogen-bond donors (Lipinski definition) is 1. The van der Waals surface area contributed by atoms with Gasteiger partial charge >= 0.3 is 0 Å². The Hall–Kier alpha value is -6.86. The Morgan fingerprint density at radius 2 is 1.14 bits per heavy atom. The molecule has 0 aliphatic carbocycles. The second kappa shape index (κ2) is 12.8. The maximum Gasteiger partial charge on any atom is 0.159 e. The van der Waals surface area contributed by atoms with Crippen LogP contribution in [-0.4, -0.2) is 11.7 Å². The summed E-state index contributed by atoms with van der Waals surface area (Å²) < 4.78 is 11.8. The Bertz CT molecular complexity index is 3450. The van der Waals surface area contributed by atoms with Crippen molar-refractivity contribution in [2.24, 2.45) is 9.98 Å². The summed E-state index contributed by atoms with van der Waals surface area (Å²) in [5.41, 5.74) is 9.47. The first-order chi connectivity index (χ1) is 28.2. The van der Waals surface area contributed by atoms with E-state index in [9.17, 15) is 0 Å². The maximum atomic E-state index is 6.59. The van der Waals surface area contributed by atoms with E-state index in [2.05, 4.69) is 157 Å². The largest absolute Gasteiger partial charge is 0.456 e. The second-order valence-electron chi connectivity index (χ2n) is 14.5. The monoisotopic (exact) mass is 765 g/mol. The number of nitrogens with one attached hydrogen (secondary N) is 1. The number of aliphatic imine (C=N–C) groups is 2. The molecule has 1 aliphatic heterocycles. The summed E-state index contributed by atoms with van der Waals surface area (Å²) >= 11 is 3.72. The Kier molecular flexibility index (Phi) is 7.30. The molecule has 0 bridgehead atoms. The molecule has 1 aliphatic rings. The summed E-state index contributed by atoms with van der Waals surface area (Å²) in [6.07, 6.45) is -0.299. The highest BCUT2D eigenvalue weighted by Gasteiger charge is 2.24. The zero-order valence-corrected chi connectivity index (χ0v) is 32.1. The van der Waals surface area contributed by atoms with Crippen molar-refractivity contribution in [3.8, 4) is 22.3 Å². The van der Waals surface area contributed by atoms with Gasteiger partial charge in [-0.1, -0.05) is 127 Å². The van der Waals surface area contributed by atoms with Crippen LogP contribution in [0.3, 0.4) is 0 Å². The number of benzene rings is 8. The number of amidine groups is 2. The smallest absolute Gasteiger partial charge is 0.159 e.